The van der Waals surface area contributed by atoms with Crippen LogP contribution < -0.4 is 10.9 Å². The Bertz CT molecular complexity index is 1240. The number of azo groups is 1. The zero-order chi connectivity index (χ0) is 22.1. The lowest BCUT2D eigenvalue weighted by atomic mass is 10.00. The maximum absolute atomic E-state index is 12.9. The largest absolute Gasteiger partial charge is 0.392 e. The molecule has 2 heterocycles. The van der Waals surface area contributed by atoms with E-state index in [-0.39, 0.29) is 30.3 Å². The molecule has 1 atom stereocenters. The molecule has 0 saturated carbocycles. The van der Waals surface area contributed by atoms with Gasteiger partial charge in [0.05, 0.1) is 22.3 Å². The summed E-state index contributed by atoms with van der Waals surface area (Å²) in [6.07, 6.45) is 0.409. The van der Waals surface area contributed by atoms with Gasteiger partial charge in [-0.1, -0.05) is 13.0 Å². The highest BCUT2D eigenvalue weighted by Gasteiger charge is 2.33. The standard InChI is InChI=1S/C17H20N6O5S2/c1-2-11(24)8-29(25,26)13-5-4-12(10-3-6-14(18)20-7-10)15(16(13)30(19,27)28)17-21-9-22-23-17/h3-7,11,24H,2,8-9H2,1H3,(H2,18,20)(H2,19,27,28)/t11-/m0/s1. The molecule has 0 amide bonds. The quantitative estimate of drug-likeness (QED) is 0.550. The first-order chi connectivity index (χ1) is 14.0. The first kappa shape index (κ1) is 22.0. The third-order valence-electron chi connectivity index (χ3n) is 4.39. The van der Waals surface area contributed by atoms with E-state index in [0.717, 1.165) is 6.07 Å². The lowest BCUT2D eigenvalue weighted by Crippen LogP contribution is -2.25. The van der Waals surface area contributed by atoms with E-state index in [1.54, 1.807) is 13.0 Å². The Morgan fingerprint density at radius 3 is 2.43 bits per heavy atom. The average Bonchev–Trinajstić information content (AvgIpc) is 3.21. The molecular formula is C17H20N6O5S2. The number of sulfonamides is 1. The summed E-state index contributed by atoms with van der Waals surface area (Å²) in [4.78, 5) is 6.86. The molecule has 0 spiro atoms. The first-order valence-corrected chi connectivity index (χ1v) is 12.0. The summed E-state index contributed by atoms with van der Waals surface area (Å²) in [5.74, 6) is -0.487. The van der Waals surface area contributed by atoms with Crippen molar-refractivity contribution in [3.8, 4) is 11.1 Å². The molecule has 30 heavy (non-hydrogen) atoms. The number of benzene rings is 1. The summed E-state index contributed by atoms with van der Waals surface area (Å²) >= 11 is 0. The van der Waals surface area contributed by atoms with Crippen molar-refractivity contribution in [2.75, 3.05) is 18.2 Å². The van der Waals surface area contributed by atoms with Crippen LogP contribution in [0, 0.1) is 0 Å². The van der Waals surface area contributed by atoms with Gasteiger partial charge in [0.1, 0.15) is 10.7 Å². The number of primary sulfonamides is 1. The molecule has 0 bridgehead atoms. The maximum atomic E-state index is 12.9. The Hall–Kier alpha value is -2.74. The second kappa shape index (κ2) is 8.18. The summed E-state index contributed by atoms with van der Waals surface area (Å²) in [7, 11) is -8.77. The third-order valence-corrected chi connectivity index (χ3v) is 7.35. The van der Waals surface area contributed by atoms with Gasteiger partial charge in [-0.05, 0) is 30.2 Å². The number of aliphatic hydroxyl groups is 1. The number of aliphatic imine (C=N–C) groups is 1. The fourth-order valence-corrected chi connectivity index (χ4v) is 6.08. The molecule has 0 saturated heterocycles. The fraction of sp³-hybridized carbons (Fsp3) is 0.294. The van der Waals surface area contributed by atoms with E-state index in [2.05, 4.69) is 20.2 Å². The molecule has 5 N–H and O–H groups in total. The monoisotopic (exact) mass is 452 g/mol. The first-order valence-electron chi connectivity index (χ1n) is 8.79. The van der Waals surface area contributed by atoms with Gasteiger partial charge < -0.3 is 10.8 Å². The van der Waals surface area contributed by atoms with Gasteiger partial charge in [-0.3, -0.25) is 0 Å². The highest BCUT2D eigenvalue weighted by Crippen LogP contribution is 2.35. The van der Waals surface area contributed by atoms with Gasteiger partial charge in [-0.2, -0.15) is 5.11 Å². The number of aliphatic hydroxyl groups excluding tert-OH is 1. The van der Waals surface area contributed by atoms with E-state index in [0.29, 0.717) is 11.1 Å². The van der Waals surface area contributed by atoms with Gasteiger partial charge in [0.15, 0.2) is 22.3 Å². The van der Waals surface area contributed by atoms with Crippen molar-refractivity contribution in [1.82, 2.24) is 4.98 Å². The molecule has 0 unspecified atom stereocenters. The third kappa shape index (κ3) is 4.38. The maximum Gasteiger partial charge on any atom is 0.240 e. The van der Waals surface area contributed by atoms with E-state index < -0.39 is 41.5 Å². The van der Waals surface area contributed by atoms with Crippen molar-refractivity contribution in [1.29, 1.82) is 0 Å². The van der Waals surface area contributed by atoms with E-state index in [1.807, 2.05) is 0 Å². The fourth-order valence-electron chi connectivity index (χ4n) is 2.94. The number of anilines is 1. The van der Waals surface area contributed by atoms with Crippen LogP contribution in [0.2, 0.25) is 0 Å². The smallest absolute Gasteiger partial charge is 0.240 e. The van der Waals surface area contributed by atoms with Crippen molar-refractivity contribution in [2.45, 2.75) is 29.2 Å². The van der Waals surface area contributed by atoms with Crippen molar-refractivity contribution in [2.24, 2.45) is 20.4 Å². The second-order valence-electron chi connectivity index (χ2n) is 6.54. The molecule has 1 aliphatic rings. The SMILES string of the molecule is CC[C@H](O)CS(=O)(=O)c1ccc(-c2ccc(N)nc2)c(C2=NCN=N2)c1S(N)(=O)=O. The number of amidine groups is 1. The number of aromatic nitrogens is 1. The summed E-state index contributed by atoms with van der Waals surface area (Å²) in [6, 6.07) is 5.66. The van der Waals surface area contributed by atoms with E-state index in [4.69, 9.17) is 10.9 Å². The van der Waals surface area contributed by atoms with Gasteiger partial charge in [-0.25, -0.2) is 32.0 Å². The Morgan fingerprint density at radius 2 is 1.90 bits per heavy atom. The molecule has 13 heteroatoms. The number of nitrogen functional groups attached to an aromatic ring is 1. The van der Waals surface area contributed by atoms with Crippen molar-refractivity contribution in [3.05, 3.63) is 36.0 Å². The highest BCUT2D eigenvalue weighted by molar-refractivity contribution is 7.93. The average molecular weight is 453 g/mol. The van der Waals surface area contributed by atoms with Crippen molar-refractivity contribution in [3.63, 3.8) is 0 Å². The summed E-state index contributed by atoms with van der Waals surface area (Å²) in [5, 5.41) is 22.9. The van der Waals surface area contributed by atoms with Crippen LogP contribution >= 0.6 is 0 Å². The molecule has 0 radical (unpaired) electrons. The summed E-state index contributed by atoms with van der Waals surface area (Å²) < 4.78 is 51.0. The van der Waals surface area contributed by atoms with Gasteiger partial charge in [-0.15, -0.1) is 5.11 Å². The lowest BCUT2D eigenvalue weighted by molar-refractivity contribution is 0.193. The molecule has 1 aliphatic heterocycles. The van der Waals surface area contributed by atoms with Crippen molar-refractivity contribution < 1.29 is 21.9 Å². The Labute approximate surface area is 173 Å². The molecular weight excluding hydrogens is 432 g/mol. The zero-order valence-corrected chi connectivity index (χ0v) is 17.6. The van der Waals surface area contributed by atoms with Gasteiger partial charge in [0.25, 0.3) is 0 Å². The van der Waals surface area contributed by atoms with Crippen LogP contribution in [0.3, 0.4) is 0 Å². The molecule has 1 aromatic carbocycles. The summed E-state index contributed by atoms with van der Waals surface area (Å²) in [5.41, 5.74) is 6.26. The zero-order valence-electron chi connectivity index (χ0n) is 15.9. The normalized spacial score (nSPS) is 15.2. The number of hydrogen-bond acceptors (Lipinski definition) is 10. The molecule has 0 fully saturated rings. The predicted octanol–water partition coefficient (Wildman–Crippen LogP) is 0.693. The van der Waals surface area contributed by atoms with Crippen LogP contribution in [-0.2, 0) is 19.9 Å². The van der Waals surface area contributed by atoms with Crippen LogP contribution in [0.5, 0.6) is 0 Å². The number of rotatable bonds is 7. The minimum atomic E-state index is -4.55. The second-order valence-corrected chi connectivity index (χ2v) is 10.0. The van der Waals surface area contributed by atoms with Crippen LogP contribution in [0.1, 0.15) is 18.9 Å². The predicted molar refractivity (Wildman–Crippen MR) is 110 cm³/mol. The van der Waals surface area contributed by atoms with E-state index >= 15 is 0 Å². The molecule has 160 valence electrons. The molecule has 2 aromatic rings. The number of nitrogens with two attached hydrogens (primary N) is 2. The minimum absolute atomic E-state index is 0.0374. The van der Waals surface area contributed by atoms with Crippen LogP contribution in [-0.4, -0.2) is 51.3 Å². The number of pyridine rings is 1. The number of hydrogen-bond donors (Lipinski definition) is 3. The van der Waals surface area contributed by atoms with E-state index in [9.17, 15) is 21.9 Å². The lowest BCUT2D eigenvalue weighted by Gasteiger charge is -2.17. The van der Waals surface area contributed by atoms with Gasteiger partial charge in [0, 0.05) is 11.8 Å². The Morgan fingerprint density at radius 1 is 1.17 bits per heavy atom. The van der Waals surface area contributed by atoms with Gasteiger partial charge in [0.2, 0.25) is 10.0 Å². The highest BCUT2D eigenvalue weighted by atomic mass is 32.2. The summed E-state index contributed by atoms with van der Waals surface area (Å²) in [6.45, 7) is 1.57. The molecule has 11 nitrogen and oxygen atoms in total. The topological polar surface area (TPSA) is 191 Å². The Balaban J connectivity index is 2.39. The van der Waals surface area contributed by atoms with Crippen molar-refractivity contribution >= 4 is 31.5 Å². The van der Waals surface area contributed by atoms with E-state index in [1.165, 1.54) is 18.3 Å². The molecule has 3 rings (SSSR count). The number of nitrogens with zero attached hydrogens (tertiary/aromatic N) is 4. The molecule has 1 aromatic heterocycles. The van der Waals surface area contributed by atoms with Crippen LogP contribution in [0.15, 0.2) is 55.5 Å². The molecule has 0 aliphatic carbocycles. The van der Waals surface area contributed by atoms with Crippen LogP contribution in [0.25, 0.3) is 11.1 Å². The Kier molecular flexibility index (Phi) is 5.99. The van der Waals surface area contributed by atoms with Gasteiger partial charge >= 0.3 is 0 Å². The van der Waals surface area contributed by atoms with Crippen LogP contribution in [0.4, 0.5) is 5.82 Å². The number of sulfone groups is 1. The minimum Gasteiger partial charge on any atom is -0.392 e.